The Kier molecular flexibility index (Phi) is 5.36. The van der Waals surface area contributed by atoms with Gasteiger partial charge in [-0.3, -0.25) is 0 Å². The predicted molar refractivity (Wildman–Crippen MR) is 63.0 cm³/mol. The molecular weight excluding hydrogens is 240 g/mol. The summed E-state index contributed by atoms with van der Waals surface area (Å²) in [5.74, 6) is -0.887. The SMILES string of the molecule is CN(CC1CC(O)C1)C(=O)N[C@H](CCO)C(=O)O. The number of aliphatic hydroxyl groups is 2. The van der Waals surface area contributed by atoms with E-state index in [4.69, 9.17) is 15.3 Å². The highest BCUT2D eigenvalue weighted by Crippen LogP contribution is 2.27. The number of carbonyl (C=O) groups excluding carboxylic acids is 1. The quantitative estimate of drug-likeness (QED) is 0.501. The molecule has 0 aliphatic heterocycles. The van der Waals surface area contributed by atoms with Crippen LogP contribution in [0.5, 0.6) is 0 Å². The van der Waals surface area contributed by atoms with Crippen LogP contribution in [0.15, 0.2) is 0 Å². The Bertz CT molecular complexity index is 304. The zero-order valence-electron chi connectivity index (χ0n) is 10.4. The number of nitrogens with one attached hydrogen (secondary N) is 1. The number of urea groups is 1. The van der Waals surface area contributed by atoms with E-state index in [0.717, 1.165) is 0 Å². The van der Waals surface area contributed by atoms with Crippen molar-refractivity contribution in [3.63, 3.8) is 0 Å². The zero-order chi connectivity index (χ0) is 13.7. The van der Waals surface area contributed by atoms with Crippen molar-refractivity contribution in [3.05, 3.63) is 0 Å². The summed E-state index contributed by atoms with van der Waals surface area (Å²) in [5.41, 5.74) is 0. The Labute approximate surface area is 105 Å². The minimum atomic E-state index is -1.16. The van der Waals surface area contributed by atoms with E-state index in [-0.39, 0.29) is 25.0 Å². The van der Waals surface area contributed by atoms with Gasteiger partial charge in [-0.1, -0.05) is 0 Å². The van der Waals surface area contributed by atoms with Crippen molar-refractivity contribution < 1.29 is 24.9 Å². The molecule has 2 amide bonds. The van der Waals surface area contributed by atoms with Crippen LogP contribution in [-0.4, -0.2) is 64.6 Å². The minimum absolute atomic E-state index is 0.0168. The molecule has 0 spiro atoms. The topological polar surface area (TPSA) is 110 Å². The van der Waals surface area contributed by atoms with Gasteiger partial charge in [0.05, 0.1) is 6.10 Å². The third kappa shape index (κ3) is 4.15. The first kappa shape index (κ1) is 14.7. The molecule has 0 radical (unpaired) electrons. The highest BCUT2D eigenvalue weighted by molar-refractivity contribution is 5.82. The van der Waals surface area contributed by atoms with Gasteiger partial charge in [0.25, 0.3) is 0 Å². The van der Waals surface area contributed by atoms with E-state index in [1.807, 2.05) is 0 Å². The van der Waals surface area contributed by atoms with Crippen LogP contribution in [0.1, 0.15) is 19.3 Å². The van der Waals surface area contributed by atoms with Crippen molar-refractivity contribution in [3.8, 4) is 0 Å². The molecule has 1 rings (SSSR count). The number of aliphatic hydroxyl groups excluding tert-OH is 2. The summed E-state index contributed by atoms with van der Waals surface area (Å²) < 4.78 is 0. The summed E-state index contributed by atoms with van der Waals surface area (Å²) in [6.45, 7) is 0.199. The van der Waals surface area contributed by atoms with Gasteiger partial charge < -0.3 is 25.5 Å². The third-order valence-electron chi connectivity index (χ3n) is 3.10. The summed E-state index contributed by atoms with van der Waals surface area (Å²) in [4.78, 5) is 23.9. The fourth-order valence-corrected chi connectivity index (χ4v) is 1.97. The van der Waals surface area contributed by atoms with Crippen LogP contribution in [-0.2, 0) is 4.79 Å². The average molecular weight is 260 g/mol. The Morgan fingerprint density at radius 1 is 1.44 bits per heavy atom. The van der Waals surface area contributed by atoms with Gasteiger partial charge in [-0.15, -0.1) is 0 Å². The molecule has 0 aromatic rings. The van der Waals surface area contributed by atoms with Crippen LogP contribution >= 0.6 is 0 Å². The van der Waals surface area contributed by atoms with Crippen molar-refractivity contribution in [2.75, 3.05) is 20.2 Å². The summed E-state index contributed by atoms with van der Waals surface area (Å²) in [6, 6.07) is -1.55. The fraction of sp³-hybridized carbons (Fsp3) is 0.818. The van der Waals surface area contributed by atoms with Crippen molar-refractivity contribution in [2.45, 2.75) is 31.4 Å². The highest BCUT2D eigenvalue weighted by Gasteiger charge is 2.30. The number of hydrogen-bond donors (Lipinski definition) is 4. The Morgan fingerprint density at radius 3 is 2.50 bits per heavy atom. The fourth-order valence-electron chi connectivity index (χ4n) is 1.97. The van der Waals surface area contributed by atoms with Gasteiger partial charge in [0, 0.05) is 26.6 Å². The number of aliphatic carboxylic acids is 1. The molecule has 18 heavy (non-hydrogen) atoms. The molecule has 0 heterocycles. The van der Waals surface area contributed by atoms with Crippen LogP contribution in [0.25, 0.3) is 0 Å². The number of carboxylic acids is 1. The molecule has 1 saturated carbocycles. The van der Waals surface area contributed by atoms with Crippen molar-refractivity contribution >= 4 is 12.0 Å². The van der Waals surface area contributed by atoms with E-state index >= 15 is 0 Å². The van der Waals surface area contributed by atoms with Crippen LogP contribution in [0, 0.1) is 5.92 Å². The maximum Gasteiger partial charge on any atom is 0.326 e. The van der Waals surface area contributed by atoms with Gasteiger partial charge in [-0.05, 0) is 18.8 Å². The second-order valence-electron chi connectivity index (χ2n) is 4.72. The third-order valence-corrected chi connectivity index (χ3v) is 3.10. The Balaban J connectivity index is 2.35. The molecule has 0 aromatic heterocycles. The molecule has 1 aliphatic rings. The largest absolute Gasteiger partial charge is 0.480 e. The predicted octanol–water partition coefficient (Wildman–Crippen LogP) is -0.766. The molecule has 1 atom stereocenters. The Hall–Kier alpha value is -1.34. The maximum absolute atomic E-state index is 11.7. The maximum atomic E-state index is 11.7. The first-order valence-corrected chi connectivity index (χ1v) is 5.97. The number of rotatable bonds is 6. The number of amides is 2. The van der Waals surface area contributed by atoms with E-state index in [1.165, 1.54) is 4.90 Å². The standard InChI is InChI=1S/C11H20N2O5/c1-13(6-7-4-8(15)5-7)11(18)12-9(2-3-14)10(16)17/h7-9,14-15H,2-6H2,1H3,(H,12,18)(H,16,17)/t7?,8?,9-/m1/s1. The van der Waals surface area contributed by atoms with Gasteiger partial charge >= 0.3 is 12.0 Å². The lowest BCUT2D eigenvalue weighted by atomic mass is 9.82. The molecule has 0 unspecified atom stereocenters. The molecule has 7 heteroatoms. The lowest BCUT2D eigenvalue weighted by Crippen LogP contribution is -2.49. The first-order chi connectivity index (χ1) is 8.43. The lowest BCUT2D eigenvalue weighted by Gasteiger charge is -2.34. The minimum Gasteiger partial charge on any atom is -0.480 e. The second-order valence-corrected chi connectivity index (χ2v) is 4.72. The monoisotopic (exact) mass is 260 g/mol. The normalized spacial score (nSPS) is 23.9. The van der Waals surface area contributed by atoms with Gasteiger partial charge in [-0.25, -0.2) is 9.59 Å². The number of nitrogens with zero attached hydrogens (tertiary/aromatic N) is 1. The first-order valence-electron chi connectivity index (χ1n) is 5.97. The van der Waals surface area contributed by atoms with Gasteiger partial charge in [-0.2, -0.15) is 0 Å². The smallest absolute Gasteiger partial charge is 0.326 e. The number of carboxylic acid groups (broad SMARTS) is 1. The van der Waals surface area contributed by atoms with Crippen LogP contribution in [0.2, 0.25) is 0 Å². The number of hydrogen-bond acceptors (Lipinski definition) is 4. The molecule has 104 valence electrons. The van der Waals surface area contributed by atoms with Gasteiger partial charge in [0.2, 0.25) is 0 Å². The molecule has 0 saturated heterocycles. The summed E-state index contributed by atoms with van der Waals surface area (Å²) in [5, 5.41) is 29.0. The lowest BCUT2D eigenvalue weighted by molar-refractivity contribution is -0.139. The summed E-state index contributed by atoms with van der Waals surface area (Å²) in [6.07, 6.45) is 1.07. The molecule has 0 bridgehead atoms. The molecule has 1 aliphatic carbocycles. The van der Waals surface area contributed by atoms with Crippen LogP contribution < -0.4 is 5.32 Å². The van der Waals surface area contributed by atoms with E-state index in [2.05, 4.69) is 5.32 Å². The van der Waals surface area contributed by atoms with Crippen molar-refractivity contribution in [1.29, 1.82) is 0 Å². The van der Waals surface area contributed by atoms with Gasteiger partial charge in [0.15, 0.2) is 0 Å². The van der Waals surface area contributed by atoms with Crippen LogP contribution in [0.3, 0.4) is 0 Å². The summed E-state index contributed by atoms with van der Waals surface area (Å²) >= 11 is 0. The van der Waals surface area contributed by atoms with E-state index < -0.39 is 18.0 Å². The summed E-state index contributed by atoms with van der Waals surface area (Å²) in [7, 11) is 1.58. The molecule has 1 fully saturated rings. The van der Waals surface area contributed by atoms with E-state index in [1.54, 1.807) is 7.05 Å². The number of carbonyl (C=O) groups is 2. The zero-order valence-corrected chi connectivity index (χ0v) is 10.4. The average Bonchev–Trinajstić information content (AvgIpc) is 2.25. The van der Waals surface area contributed by atoms with E-state index in [0.29, 0.717) is 19.4 Å². The Morgan fingerprint density at radius 2 is 2.06 bits per heavy atom. The van der Waals surface area contributed by atoms with Crippen molar-refractivity contribution in [2.24, 2.45) is 5.92 Å². The highest BCUT2D eigenvalue weighted by atomic mass is 16.4. The molecule has 4 N–H and O–H groups in total. The second kappa shape index (κ2) is 6.55. The van der Waals surface area contributed by atoms with E-state index in [9.17, 15) is 9.59 Å². The van der Waals surface area contributed by atoms with Crippen molar-refractivity contribution in [1.82, 2.24) is 10.2 Å². The molecule has 0 aromatic carbocycles. The van der Waals surface area contributed by atoms with Crippen LogP contribution in [0.4, 0.5) is 4.79 Å². The molecule has 7 nitrogen and oxygen atoms in total. The molecular formula is C11H20N2O5. The van der Waals surface area contributed by atoms with Gasteiger partial charge in [0.1, 0.15) is 6.04 Å².